The number of rotatable bonds is 4. The van der Waals surface area contributed by atoms with E-state index < -0.39 is 0 Å². The molecule has 1 aliphatic rings. The minimum absolute atomic E-state index is 0.773. The maximum atomic E-state index is 4.67. The molecule has 4 aromatic rings. The topological polar surface area (TPSA) is 55.1 Å². The van der Waals surface area contributed by atoms with Crippen molar-refractivity contribution < 1.29 is 0 Å². The molecule has 0 radical (unpaired) electrons. The third-order valence-corrected chi connectivity index (χ3v) is 6.34. The molecule has 4 aromatic heterocycles. The van der Waals surface area contributed by atoms with Crippen molar-refractivity contribution in [1.29, 1.82) is 0 Å². The molecule has 5 rings (SSSR count). The highest BCUT2D eigenvalue weighted by atomic mass is 32.1. The molecule has 0 bridgehead atoms. The van der Waals surface area contributed by atoms with Crippen LogP contribution >= 0.6 is 11.3 Å². The number of imidazole rings is 1. The Hall–Kier alpha value is -2.47. The van der Waals surface area contributed by atoms with Crippen LogP contribution < -0.4 is 5.32 Å². The average Bonchev–Trinajstić information content (AvgIpc) is 3.22. The lowest BCUT2D eigenvalue weighted by Gasteiger charge is -2.18. The molecule has 26 heavy (non-hydrogen) atoms. The van der Waals surface area contributed by atoms with E-state index in [-0.39, 0.29) is 0 Å². The molecule has 0 fully saturated rings. The molecule has 0 spiro atoms. The molecule has 1 aliphatic carbocycles. The van der Waals surface area contributed by atoms with Crippen molar-refractivity contribution in [3.05, 3.63) is 53.1 Å². The molecule has 0 unspecified atom stereocenters. The zero-order valence-corrected chi connectivity index (χ0v) is 15.6. The van der Waals surface area contributed by atoms with Crippen molar-refractivity contribution in [3.63, 3.8) is 0 Å². The van der Waals surface area contributed by atoms with Crippen LogP contribution in [0.1, 0.15) is 29.5 Å². The van der Waals surface area contributed by atoms with Gasteiger partial charge in [0.25, 0.3) is 0 Å². The second-order valence-corrected chi connectivity index (χ2v) is 8.21. The van der Waals surface area contributed by atoms with Gasteiger partial charge in [-0.15, -0.1) is 11.3 Å². The van der Waals surface area contributed by atoms with Crippen molar-refractivity contribution in [2.75, 3.05) is 11.9 Å². The van der Waals surface area contributed by atoms with Gasteiger partial charge in [0.2, 0.25) is 0 Å². The quantitative estimate of drug-likeness (QED) is 0.593. The highest BCUT2D eigenvalue weighted by molar-refractivity contribution is 7.19. The van der Waals surface area contributed by atoms with Gasteiger partial charge in [-0.3, -0.25) is 0 Å². The molecule has 0 saturated carbocycles. The van der Waals surface area contributed by atoms with Crippen LogP contribution in [0.3, 0.4) is 0 Å². The molecule has 5 nitrogen and oxygen atoms in total. The number of thiophene rings is 1. The summed E-state index contributed by atoms with van der Waals surface area (Å²) in [6, 6.07) is 6.07. The van der Waals surface area contributed by atoms with Crippen LogP contribution in [0.25, 0.3) is 15.9 Å². The predicted molar refractivity (Wildman–Crippen MR) is 106 cm³/mol. The molecule has 0 amide bonds. The summed E-state index contributed by atoms with van der Waals surface area (Å²) >= 11 is 1.84. The van der Waals surface area contributed by atoms with Gasteiger partial charge >= 0.3 is 0 Å². The normalized spacial score (nSPS) is 16.9. The first-order valence-corrected chi connectivity index (χ1v) is 10.0. The molecule has 0 aliphatic heterocycles. The predicted octanol–water partition coefficient (Wildman–Crippen LogP) is 4.12. The fraction of sp³-hybridized carbons (Fsp3) is 0.350. The highest BCUT2D eigenvalue weighted by Gasteiger charge is 2.22. The van der Waals surface area contributed by atoms with Crippen LogP contribution in [0.4, 0.5) is 5.82 Å². The summed E-state index contributed by atoms with van der Waals surface area (Å²) in [5.74, 6) is 1.75. The van der Waals surface area contributed by atoms with E-state index in [4.69, 9.17) is 0 Å². The van der Waals surface area contributed by atoms with Gasteiger partial charge in [0, 0.05) is 30.2 Å². The minimum Gasteiger partial charge on any atom is -0.369 e. The maximum Gasteiger partial charge on any atom is 0.138 e. The zero-order chi connectivity index (χ0) is 17.5. The van der Waals surface area contributed by atoms with Crippen LogP contribution in [0, 0.1) is 5.92 Å². The summed E-state index contributed by atoms with van der Waals surface area (Å²) in [6.07, 6.45) is 10.3. The van der Waals surface area contributed by atoms with Gasteiger partial charge in [0.1, 0.15) is 22.6 Å². The van der Waals surface area contributed by atoms with Gasteiger partial charge in [-0.05, 0) is 42.9 Å². The molecule has 1 N–H and O–H groups in total. The first-order chi connectivity index (χ1) is 12.8. The fourth-order valence-corrected chi connectivity index (χ4v) is 5.18. The Labute approximate surface area is 156 Å². The number of hydrogen-bond acceptors (Lipinski definition) is 5. The Morgan fingerprint density at radius 1 is 1.31 bits per heavy atom. The molecule has 132 valence electrons. The van der Waals surface area contributed by atoms with E-state index in [2.05, 4.69) is 37.8 Å². The SMILES string of the molecule is C[C@H]1CCc2c(sc3ncnc(NCCc4cn5ccccc5n4)c23)C1. The highest BCUT2D eigenvalue weighted by Crippen LogP contribution is 2.39. The van der Waals surface area contributed by atoms with Gasteiger partial charge in [-0.25, -0.2) is 15.0 Å². The molecule has 0 saturated heterocycles. The van der Waals surface area contributed by atoms with Gasteiger partial charge in [-0.1, -0.05) is 13.0 Å². The third kappa shape index (κ3) is 2.74. The van der Waals surface area contributed by atoms with Gasteiger partial charge in [-0.2, -0.15) is 0 Å². The fourth-order valence-electron chi connectivity index (χ4n) is 3.83. The van der Waals surface area contributed by atoms with Crippen molar-refractivity contribution in [2.24, 2.45) is 5.92 Å². The molecule has 4 heterocycles. The number of aryl methyl sites for hydroxylation is 1. The Morgan fingerprint density at radius 2 is 2.27 bits per heavy atom. The van der Waals surface area contributed by atoms with Crippen molar-refractivity contribution in [3.8, 4) is 0 Å². The monoisotopic (exact) mass is 363 g/mol. The summed E-state index contributed by atoms with van der Waals surface area (Å²) in [5, 5.41) is 4.78. The Morgan fingerprint density at radius 3 is 3.19 bits per heavy atom. The number of aromatic nitrogens is 4. The summed E-state index contributed by atoms with van der Waals surface area (Å²) in [5.41, 5.74) is 3.56. The van der Waals surface area contributed by atoms with Crippen molar-refractivity contribution in [2.45, 2.75) is 32.6 Å². The van der Waals surface area contributed by atoms with E-state index in [1.165, 1.54) is 28.7 Å². The van der Waals surface area contributed by atoms with Crippen LogP contribution in [0.5, 0.6) is 0 Å². The number of pyridine rings is 1. The molecule has 1 atom stereocenters. The largest absolute Gasteiger partial charge is 0.369 e. The molecule has 0 aromatic carbocycles. The summed E-state index contributed by atoms with van der Waals surface area (Å²) in [6.45, 7) is 3.16. The Balaban J connectivity index is 1.37. The number of hydrogen-bond donors (Lipinski definition) is 1. The van der Waals surface area contributed by atoms with Gasteiger partial charge in [0.05, 0.1) is 11.1 Å². The number of nitrogens with zero attached hydrogens (tertiary/aromatic N) is 4. The summed E-state index contributed by atoms with van der Waals surface area (Å²) in [4.78, 5) is 16.3. The van der Waals surface area contributed by atoms with Crippen LogP contribution in [-0.2, 0) is 19.3 Å². The van der Waals surface area contributed by atoms with E-state index >= 15 is 0 Å². The second kappa shape index (κ2) is 6.36. The number of nitrogens with one attached hydrogen (secondary N) is 1. The summed E-state index contributed by atoms with van der Waals surface area (Å²) in [7, 11) is 0. The lowest BCUT2D eigenvalue weighted by Crippen LogP contribution is -2.10. The first kappa shape index (κ1) is 15.8. The Bertz CT molecular complexity index is 1050. The average molecular weight is 363 g/mol. The van der Waals surface area contributed by atoms with Crippen molar-refractivity contribution in [1.82, 2.24) is 19.4 Å². The van der Waals surface area contributed by atoms with Crippen LogP contribution in [0.2, 0.25) is 0 Å². The maximum absolute atomic E-state index is 4.67. The van der Waals surface area contributed by atoms with E-state index in [1.54, 1.807) is 6.33 Å². The Kier molecular flexibility index (Phi) is 3.85. The van der Waals surface area contributed by atoms with Crippen LogP contribution in [-0.4, -0.2) is 25.9 Å². The smallest absolute Gasteiger partial charge is 0.138 e. The van der Waals surface area contributed by atoms with Crippen LogP contribution in [0.15, 0.2) is 36.9 Å². The third-order valence-electron chi connectivity index (χ3n) is 5.18. The molecular weight excluding hydrogens is 342 g/mol. The number of fused-ring (bicyclic) bond motifs is 4. The lowest BCUT2D eigenvalue weighted by molar-refractivity contribution is 0.509. The van der Waals surface area contributed by atoms with E-state index in [0.29, 0.717) is 0 Å². The van der Waals surface area contributed by atoms with Gasteiger partial charge in [0.15, 0.2) is 0 Å². The number of anilines is 1. The van der Waals surface area contributed by atoms with E-state index in [9.17, 15) is 0 Å². The van der Waals surface area contributed by atoms with Crippen molar-refractivity contribution >= 4 is 33.0 Å². The zero-order valence-electron chi connectivity index (χ0n) is 14.8. The second-order valence-electron chi connectivity index (χ2n) is 7.13. The standard InChI is InChI=1S/C20H21N5S/c1-13-5-6-15-16(10-13)26-20-18(15)19(22-12-23-20)21-8-7-14-11-25-9-3-2-4-17(25)24-14/h2-4,9,11-13H,5-8,10H2,1H3,(H,21,22,23)/t13-/m0/s1. The molecule has 6 heteroatoms. The summed E-state index contributed by atoms with van der Waals surface area (Å²) < 4.78 is 2.06. The first-order valence-electron chi connectivity index (χ1n) is 9.19. The molecular formula is C20H21N5S. The van der Waals surface area contributed by atoms with E-state index in [1.807, 2.05) is 35.7 Å². The lowest BCUT2D eigenvalue weighted by atomic mass is 9.89. The minimum atomic E-state index is 0.773. The van der Waals surface area contributed by atoms with Gasteiger partial charge < -0.3 is 9.72 Å². The van der Waals surface area contributed by atoms with E-state index in [0.717, 1.165) is 47.3 Å².